The van der Waals surface area contributed by atoms with Gasteiger partial charge >= 0.3 is 0 Å². The summed E-state index contributed by atoms with van der Waals surface area (Å²) in [5.41, 5.74) is 7.54. The Labute approximate surface area is 109 Å². The Morgan fingerprint density at radius 1 is 1.28 bits per heavy atom. The molecule has 2 aliphatic carbocycles. The normalized spacial score (nSPS) is 29.7. The highest BCUT2D eigenvalue weighted by molar-refractivity contribution is 5.81. The Bertz CT molecular complexity index is 454. The standard InChI is InChI=1S/C16H21NO/c17-15-3-1-2-11(8-15)9-16(18)10-14-7-12-4-5-13(14)6-12/h1-3,8,12-14H,4-7,9-10,17H2. The van der Waals surface area contributed by atoms with Crippen LogP contribution in [0.1, 0.15) is 37.7 Å². The fourth-order valence-corrected chi connectivity index (χ4v) is 3.92. The lowest BCUT2D eigenvalue weighted by Gasteiger charge is -2.20. The second-order valence-electron chi connectivity index (χ2n) is 6.10. The Hall–Kier alpha value is -1.31. The van der Waals surface area contributed by atoms with Crippen LogP contribution in [0, 0.1) is 17.8 Å². The van der Waals surface area contributed by atoms with E-state index >= 15 is 0 Å². The summed E-state index contributed by atoms with van der Waals surface area (Å²) in [6.07, 6.45) is 6.80. The maximum absolute atomic E-state index is 12.1. The molecule has 0 aromatic heterocycles. The van der Waals surface area contributed by atoms with E-state index in [1.165, 1.54) is 25.7 Å². The highest BCUT2D eigenvalue weighted by atomic mass is 16.1. The SMILES string of the molecule is Nc1cccc(CC(=O)CC2CC3CCC2C3)c1. The quantitative estimate of drug-likeness (QED) is 0.825. The Kier molecular flexibility index (Phi) is 3.11. The molecule has 1 aromatic carbocycles. The summed E-state index contributed by atoms with van der Waals surface area (Å²) >= 11 is 0. The number of hydrogen-bond acceptors (Lipinski definition) is 2. The molecule has 18 heavy (non-hydrogen) atoms. The van der Waals surface area contributed by atoms with Crippen molar-refractivity contribution in [3.05, 3.63) is 29.8 Å². The Morgan fingerprint density at radius 3 is 2.83 bits per heavy atom. The topological polar surface area (TPSA) is 43.1 Å². The van der Waals surface area contributed by atoms with E-state index in [9.17, 15) is 4.79 Å². The molecule has 2 nitrogen and oxygen atoms in total. The first-order chi connectivity index (χ1) is 8.70. The van der Waals surface area contributed by atoms with E-state index in [0.29, 0.717) is 18.1 Å². The molecule has 2 heteroatoms. The molecule has 3 rings (SSSR count). The van der Waals surface area contributed by atoms with Gasteiger partial charge in [-0.1, -0.05) is 18.6 Å². The first-order valence-electron chi connectivity index (χ1n) is 7.07. The van der Waals surface area contributed by atoms with E-state index < -0.39 is 0 Å². The number of benzene rings is 1. The predicted octanol–water partition coefficient (Wildman–Crippen LogP) is 3.21. The predicted molar refractivity (Wildman–Crippen MR) is 73.1 cm³/mol. The maximum atomic E-state index is 12.1. The van der Waals surface area contributed by atoms with Gasteiger partial charge in [-0.2, -0.15) is 0 Å². The first kappa shape index (κ1) is 11.8. The van der Waals surface area contributed by atoms with Crippen molar-refractivity contribution in [1.29, 1.82) is 0 Å². The molecule has 2 aliphatic rings. The smallest absolute Gasteiger partial charge is 0.137 e. The molecule has 1 aromatic rings. The number of fused-ring (bicyclic) bond motifs is 2. The van der Waals surface area contributed by atoms with E-state index in [1.807, 2.05) is 24.3 Å². The van der Waals surface area contributed by atoms with Crippen molar-refractivity contribution in [3.8, 4) is 0 Å². The van der Waals surface area contributed by atoms with Gasteiger partial charge in [-0.25, -0.2) is 0 Å². The van der Waals surface area contributed by atoms with E-state index in [2.05, 4.69) is 0 Å². The molecule has 0 saturated heterocycles. The maximum Gasteiger partial charge on any atom is 0.137 e. The summed E-state index contributed by atoms with van der Waals surface area (Å²) in [6.45, 7) is 0. The van der Waals surface area contributed by atoms with Gasteiger partial charge < -0.3 is 5.73 Å². The number of carbonyl (C=O) groups excluding carboxylic acids is 1. The summed E-state index contributed by atoms with van der Waals surface area (Å²) in [5, 5.41) is 0. The second kappa shape index (κ2) is 4.75. The van der Waals surface area contributed by atoms with Crippen LogP contribution in [-0.4, -0.2) is 5.78 Å². The molecule has 3 unspecified atom stereocenters. The zero-order chi connectivity index (χ0) is 12.5. The average molecular weight is 243 g/mol. The van der Waals surface area contributed by atoms with Crippen LogP contribution < -0.4 is 5.73 Å². The second-order valence-corrected chi connectivity index (χ2v) is 6.10. The van der Waals surface area contributed by atoms with Crippen LogP contribution in [0.15, 0.2) is 24.3 Å². The van der Waals surface area contributed by atoms with Crippen LogP contribution in [0.25, 0.3) is 0 Å². The number of rotatable bonds is 4. The number of nitrogens with two attached hydrogens (primary N) is 1. The number of anilines is 1. The molecular weight excluding hydrogens is 222 g/mol. The summed E-state index contributed by atoms with van der Waals surface area (Å²) < 4.78 is 0. The molecule has 0 spiro atoms. The minimum Gasteiger partial charge on any atom is -0.399 e. The summed E-state index contributed by atoms with van der Waals surface area (Å²) in [6, 6.07) is 7.70. The fourth-order valence-electron chi connectivity index (χ4n) is 3.92. The third-order valence-corrected chi connectivity index (χ3v) is 4.73. The summed E-state index contributed by atoms with van der Waals surface area (Å²) in [7, 11) is 0. The molecular formula is C16H21NO. The molecule has 2 N–H and O–H groups in total. The molecule has 0 aliphatic heterocycles. The molecule has 0 heterocycles. The van der Waals surface area contributed by atoms with Crippen LogP contribution in [0.3, 0.4) is 0 Å². The van der Waals surface area contributed by atoms with Gasteiger partial charge in [0.25, 0.3) is 0 Å². The summed E-state index contributed by atoms with van der Waals surface area (Å²) in [4.78, 5) is 12.1. The monoisotopic (exact) mass is 243 g/mol. The lowest BCUT2D eigenvalue weighted by atomic mass is 9.84. The van der Waals surface area contributed by atoms with E-state index in [4.69, 9.17) is 5.73 Å². The van der Waals surface area contributed by atoms with Gasteiger partial charge in [-0.05, 0) is 54.7 Å². The van der Waals surface area contributed by atoms with Crippen molar-refractivity contribution in [2.45, 2.75) is 38.5 Å². The molecule has 3 atom stereocenters. The van der Waals surface area contributed by atoms with Crippen molar-refractivity contribution in [2.24, 2.45) is 17.8 Å². The van der Waals surface area contributed by atoms with Crippen molar-refractivity contribution in [1.82, 2.24) is 0 Å². The molecule has 2 fully saturated rings. The Balaban J connectivity index is 1.56. The van der Waals surface area contributed by atoms with Crippen molar-refractivity contribution >= 4 is 11.5 Å². The van der Waals surface area contributed by atoms with Gasteiger partial charge in [0.05, 0.1) is 0 Å². The lowest BCUT2D eigenvalue weighted by Crippen LogP contribution is -2.16. The van der Waals surface area contributed by atoms with Gasteiger partial charge in [-0.15, -0.1) is 0 Å². The average Bonchev–Trinajstić information content (AvgIpc) is 2.90. The molecule has 96 valence electrons. The zero-order valence-corrected chi connectivity index (χ0v) is 10.8. The van der Waals surface area contributed by atoms with Gasteiger partial charge in [-0.3, -0.25) is 4.79 Å². The number of nitrogen functional groups attached to an aromatic ring is 1. The highest BCUT2D eigenvalue weighted by Crippen LogP contribution is 2.49. The number of Topliss-reactive ketones (excluding diaryl/α,β-unsaturated/α-hetero) is 1. The first-order valence-corrected chi connectivity index (χ1v) is 7.07. The largest absolute Gasteiger partial charge is 0.399 e. The van der Waals surface area contributed by atoms with Gasteiger partial charge in [0.2, 0.25) is 0 Å². The number of ketones is 1. The fraction of sp³-hybridized carbons (Fsp3) is 0.562. The van der Waals surface area contributed by atoms with Crippen LogP contribution >= 0.6 is 0 Å². The van der Waals surface area contributed by atoms with Crippen molar-refractivity contribution in [3.63, 3.8) is 0 Å². The third kappa shape index (κ3) is 2.43. The van der Waals surface area contributed by atoms with Crippen LogP contribution in [0.4, 0.5) is 5.69 Å². The van der Waals surface area contributed by atoms with E-state index in [-0.39, 0.29) is 0 Å². The third-order valence-electron chi connectivity index (χ3n) is 4.73. The zero-order valence-electron chi connectivity index (χ0n) is 10.8. The van der Waals surface area contributed by atoms with E-state index in [1.54, 1.807) is 0 Å². The van der Waals surface area contributed by atoms with Crippen LogP contribution in [0.5, 0.6) is 0 Å². The van der Waals surface area contributed by atoms with E-state index in [0.717, 1.165) is 29.5 Å². The molecule has 0 radical (unpaired) electrons. The highest BCUT2D eigenvalue weighted by Gasteiger charge is 2.39. The summed E-state index contributed by atoms with van der Waals surface area (Å²) in [5.74, 6) is 2.84. The lowest BCUT2D eigenvalue weighted by molar-refractivity contribution is -0.119. The van der Waals surface area contributed by atoms with Gasteiger partial charge in [0.15, 0.2) is 0 Å². The molecule has 0 amide bonds. The van der Waals surface area contributed by atoms with Gasteiger partial charge in [0, 0.05) is 18.5 Å². The number of hydrogen-bond donors (Lipinski definition) is 1. The number of carbonyl (C=O) groups is 1. The van der Waals surface area contributed by atoms with Crippen molar-refractivity contribution < 1.29 is 4.79 Å². The van der Waals surface area contributed by atoms with Gasteiger partial charge in [0.1, 0.15) is 5.78 Å². The van der Waals surface area contributed by atoms with Crippen molar-refractivity contribution in [2.75, 3.05) is 5.73 Å². The van der Waals surface area contributed by atoms with Crippen LogP contribution in [0.2, 0.25) is 0 Å². The molecule has 2 saturated carbocycles. The van der Waals surface area contributed by atoms with Crippen LogP contribution in [-0.2, 0) is 11.2 Å². The minimum absolute atomic E-state index is 0.387. The Morgan fingerprint density at radius 2 is 2.17 bits per heavy atom. The molecule has 2 bridgehead atoms. The minimum atomic E-state index is 0.387.